The predicted molar refractivity (Wildman–Crippen MR) is 167 cm³/mol. The number of hydrogen-bond acceptors (Lipinski definition) is 6. The smallest absolute Gasteiger partial charge is 0.268 e. The van der Waals surface area contributed by atoms with Crippen LogP contribution in [-0.4, -0.2) is 64.4 Å². The normalized spacial score (nSPS) is 25.8. The number of nitrogens with zero attached hydrogens (tertiary/aromatic N) is 2. The monoisotopic (exact) mass is 585 g/mol. The maximum atomic E-state index is 14.8. The Kier molecular flexibility index (Phi) is 7.47. The molecule has 9 heteroatoms. The lowest BCUT2D eigenvalue weighted by molar-refractivity contribution is -0.145. The number of methoxy groups -OCH3 is 1. The fourth-order valence-electron chi connectivity index (χ4n) is 7.50. The summed E-state index contributed by atoms with van der Waals surface area (Å²) in [4.78, 5) is 31.3. The van der Waals surface area contributed by atoms with Crippen LogP contribution in [0.3, 0.4) is 0 Å². The number of rotatable bonds is 7. The molecule has 0 aliphatic carbocycles. The van der Waals surface area contributed by atoms with Crippen molar-refractivity contribution in [3.8, 4) is 5.75 Å². The highest BCUT2D eigenvalue weighted by molar-refractivity contribution is 6.91. The molecule has 6 rings (SSSR count). The third-order valence-electron chi connectivity index (χ3n) is 9.56. The van der Waals surface area contributed by atoms with E-state index in [1.54, 1.807) is 16.9 Å². The van der Waals surface area contributed by atoms with Crippen molar-refractivity contribution in [2.75, 3.05) is 43.2 Å². The molecular weight excluding hydrogens is 546 g/mol. The molecule has 8 nitrogen and oxygen atoms in total. The van der Waals surface area contributed by atoms with E-state index in [-0.39, 0.29) is 42.5 Å². The zero-order chi connectivity index (χ0) is 29.6. The molecule has 3 heterocycles. The second-order valence-corrected chi connectivity index (χ2v) is 16.8. The molecule has 0 aromatic heterocycles. The van der Waals surface area contributed by atoms with Crippen molar-refractivity contribution in [1.29, 1.82) is 0 Å². The lowest BCUT2D eigenvalue weighted by atomic mass is 9.82. The van der Waals surface area contributed by atoms with Crippen LogP contribution in [0.25, 0.3) is 0 Å². The number of piperazine rings is 1. The second kappa shape index (κ2) is 11.0. The molecule has 0 radical (unpaired) electrons. The fourth-order valence-corrected chi connectivity index (χ4v) is 11.6. The van der Waals surface area contributed by atoms with Crippen LogP contribution in [0.15, 0.2) is 72.8 Å². The number of ether oxygens (including phenoxy) is 2. The first kappa shape index (κ1) is 28.6. The third kappa shape index (κ3) is 4.38. The van der Waals surface area contributed by atoms with Crippen LogP contribution in [0.1, 0.15) is 18.9 Å². The Labute approximate surface area is 248 Å². The molecule has 0 bridgehead atoms. The summed E-state index contributed by atoms with van der Waals surface area (Å²) in [5, 5.41) is 14.6. The average Bonchev–Trinajstić information content (AvgIpc) is 3.44. The highest BCUT2D eigenvalue weighted by Gasteiger charge is 2.66. The highest BCUT2D eigenvalue weighted by atomic mass is 28.3. The van der Waals surface area contributed by atoms with Gasteiger partial charge in [0.05, 0.1) is 33.5 Å². The van der Waals surface area contributed by atoms with Gasteiger partial charge < -0.3 is 24.8 Å². The number of benzene rings is 3. The molecule has 1 spiro atoms. The molecule has 2 saturated heterocycles. The molecule has 3 aromatic rings. The molecule has 3 aliphatic rings. The SMILES string of the molecule is COc1ccc([Si](C)(C)[C@@H]2[C@@H](CCO)O[C@]3(C(=O)N(c4ccccc4)c4ccc(N5CCNCC5=O)cc43)[C@H]2C)cc1. The lowest BCUT2D eigenvalue weighted by Gasteiger charge is -2.37. The minimum atomic E-state index is -2.28. The quantitative estimate of drug-likeness (QED) is 0.409. The zero-order valence-electron chi connectivity index (χ0n) is 24.7. The van der Waals surface area contributed by atoms with Crippen LogP contribution in [0.2, 0.25) is 18.6 Å². The summed E-state index contributed by atoms with van der Waals surface area (Å²) in [6, 6.07) is 23.8. The number of hydrogen-bond donors (Lipinski definition) is 2. The number of para-hydroxylation sites is 1. The van der Waals surface area contributed by atoms with Gasteiger partial charge in [0, 0.05) is 42.6 Å². The van der Waals surface area contributed by atoms with Gasteiger partial charge in [0.25, 0.3) is 5.91 Å². The van der Waals surface area contributed by atoms with Crippen molar-refractivity contribution in [3.05, 3.63) is 78.4 Å². The van der Waals surface area contributed by atoms with E-state index in [2.05, 4.69) is 37.5 Å². The van der Waals surface area contributed by atoms with Crippen molar-refractivity contribution >= 4 is 42.1 Å². The Bertz CT molecular complexity index is 1480. The highest BCUT2D eigenvalue weighted by Crippen LogP contribution is 2.61. The van der Waals surface area contributed by atoms with E-state index >= 15 is 0 Å². The number of carbonyl (C=O) groups excluding carboxylic acids is 2. The van der Waals surface area contributed by atoms with E-state index in [0.29, 0.717) is 19.5 Å². The maximum absolute atomic E-state index is 14.8. The van der Waals surface area contributed by atoms with Crippen LogP contribution in [0.4, 0.5) is 17.1 Å². The Morgan fingerprint density at radius 3 is 2.45 bits per heavy atom. The summed E-state index contributed by atoms with van der Waals surface area (Å²) >= 11 is 0. The van der Waals surface area contributed by atoms with Crippen LogP contribution >= 0.6 is 0 Å². The average molecular weight is 586 g/mol. The van der Waals surface area contributed by atoms with Gasteiger partial charge in [-0.2, -0.15) is 0 Å². The Balaban J connectivity index is 1.51. The van der Waals surface area contributed by atoms with Gasteiger partial charge in [-0.1, -0.05) is 55.5 Å². The third-order valence-corrected chi connectivity index (χ3v) is 13.9. The minimum Gasteiger partial charge on any atom is -0.497 e. The van der Waals surface area contributed by atoms with Crippen LogP contribution in [-0.2, 0) is 19.9 Å². The fraction of sp³-hybridized carbons (Fsp3) is 0.394. The van der Waals surface area contributed by atoms with E-state index < -0.39 is 13.7 Å². The molecule has 2 amide bonds. The molecule has 220 valence electrons. The van der Waals surface area contributed by atoms with Crippen LogP contribution < -0.4 is 25.0 Å². The van der Waals surface area contributed by atoms with Gasteiger partial charge in [-0.25, -0.2) is 0 Å². The largest absolute Gasteiger partial charge is 0.497 e. The molecule has 2 N–H and O–H groups in total. The predicted octanol–water partition coefficient (Wildman–Crippen LogP) is 3.91. The first-order valence-corrected chi connectivity index (χ1v) is 17.8. The second-order valence-electron chi connectivity index (χ2n) is 12.1. The first-order chi connectivity index (χ1) is 20.2. The van der Waals surface area contributed by atoms with Crippen molar-refractivity contribution in [2.24, 2.45) is 5.92 Å². The standard InChI is InChI=1S/C33H39N3O5Si/c1-22-31(42(3,4)26-13-11-25(40-2)12-14-26)29(16-19-37)41-33(22)27-20-24(35-18-17-34-21-30(35)38)10-15-28(27)36(32(33)39)23-8-6-5-7-9-23/h5-15,20,22,29,31,34,37H,16-19,21H2,1-4H3/t22-,29+,31-,33+/m0/s1. The Morgan fingerprint density at radius 2 is 1.79 bits per heavy atom. The van der Waals surface area contributed by atoms with Crippen molar-refractivity contribution in [2.45, 2.75) is 43.7 Å². The van der Waals surface area contributed by atoms with Gasteiger partial charge in [-0.3, -0.25) is 14.5 Å². The number of aliphatic hydroxyl groups excluding tert-OH is 1. The molecular formula is C33H39N3O5Si. The van der Waals surface area contributed by atoms with E-state index in [1.807, 2.05) is 60.7 Å². The van der Waals surface area contributed by atoms with Crippen LogP contribution in [0.5, 0.6) is 5.75 Å². The summed E-state index contributed by atoms with van der Waals surface area (Å²) in [5.74, 6) is 0.497. The number of anilines is 3. The molecule has 4 atom stereocenters. The van der Waals surface area contributed by atoms with Crippen LogP contribution in [0, 0.1) is 5.92 Å². The van der Waals surface area contributed by atoms with Gasteiger partial charge in [0.1, 0.15) is 5.75 Å². The van der Waals surface area contributed by atoms with Gasteiger partial charge in [-0.15, -0.1) is 0 Å². The summed E-state index contributed by atoms with van der Waals surface area (Å²) < 4.78 is 12.4. The van der Waals surface area contributed by atoms with E-state index in [9.17, 15) is 14.7 Å². The van der Waals surface area contributed by atoms with E-state index in [1.165, 1.54) is 5.19 Å². The van der Waals surface area contributed by atoms with Gasteiger partial charge in [0.2, 0.25) is 5.91 Å². The minimum absolute atomic E-state index is 0.00366. The first-order valence-electron chi connectivity index (χ1n) is 14.7. The van der Waals surface area contributed by atoms with E-state index in [4.69, 9.17) is 9.47 Å². The zero-order valence-corrected chi connectivity index (χ0v) is 25.7. The summed E-state index contributed by atoms with van der Waals surface area (Å²) in [7, 11) is -0.621. The van der Waals surface area contributed by atoms with E-state index in [0.717, 1.165) is 28.4 Å². The molecule has 42 heavy (non-hydrogen) atoms. The van der Waals surface area contributed by atoms with Gasteiger partial charge >= 0.3 is 0 Å². The van der Waals surface area contributed by atoms with Crippen molar-refractivity contribution < 1.29 is 24.2 Å². The Morgan fingerprint density at radius 1 is 1.05 bits per heavy atom. The summed E-state index contributed by atoms with van der Waals surface area (Å²) in [5.41, 5.74) is 1.90. The number of aliphatic hydroxyl groups is 1. The lowest BCUT2D eigenvalue weighted by Crippen LogP contribution is -2.51. The molecule has 3 aromatic carbocycles. The number of nitrogens with one attached hydrogen (secondary N) is 1. The van der Waals surface area contributed by atoms with Gasteiger partial charge in [0.15, 0.2) is 5.60 Å². The number of amides is 2. The molecule has 2 fully saturated rings. The summed E-state index contributed by atoms with van der Waals surface area (Å²) in [6.45, 7) is 8.31. The molecule has 0 unspecified atom stereocenters. The molecule has 3 aliphatic heterocycles. The van der Waals surface area contributed by atoms with Crippen molar-refractivity contribution in [1.82, 2.24) is 5.32 Å². The van der Waals surface area contributed by atoms with Gasteiger partial charge in [-0.05, 0) is 54.4 Å². The number of fused-ring (bicyclic) bond motifs is 2. The number of carbonyl (C=O) groups is 2. The molecule has 0 saturated carbocycles. The maximum Gasteiger partial charge on any atom is 0.268 e. The topological polar surface area (TPSA) is 91.3 Å². The Hall–Kier alpha value is -3.50. The summed E-state index contributed by atoms with van der Waals surface area (Å²) in [6.07, 6.45) is 0.124. The van der Waals surface area contributed by atoms with Crippen molar-refractivity contribution in [3.63, 3.8) is 0 Å².